The maximum Gasteiger partial charge on any atom is 0.317 e. The van der Waals surface area contributed by atoms with Crippen LogP contribution in [0, 0.1) is 11.3 Å². The Morgan fingerprint density at radius 1 is 1.11 bits per heavy atom. The minimum Gasteiger partial charge on any atom is -0.334 e. The van der Waals surface area contributed by atoms with Gasteiger partial charge in [0.15, 0.2) is 0 Å². The Bertz CT molecular complexity index is 833. The smallest absolute Gasteiger partial charge is 0.317 e. The Morgan fingerprint density at radius 3 is 2.43 bits per heavy atom. The van der Waals surface area contributed by atoms with Crippen LogP contribution >= 0.6 is 0 Å². The van der Waals surface area contributed by atoms with Gasteiger partial charge in [-0.05, 0) is 43.6 Å². The van der Waals surface area contributed by atoms with Crippen LogP contribution in [0.25, 0.3) is 0 Å². The lowest BCUT2D eigenvalue weighted by Crippen LogP contribution is -2.48. The van der Waals surface area contributed by atoms with E-state index in [2.05, 4.69) is 28.4 Å². The molecular formula is C23H28N4O. The zero-order valence-corrected chi connectivity index (χ0v) is 16.7. The van der Waals surface area contributed by atoms with E-state index in [1.165, 1.54) is 5.56 Å². The van der Waals surface area contributed by atoms with Crippen LogP contribution < -0.4 is 5.32 Å². The van der Waals surface area contributed by atoms with Crippen LogP contribution in [0.2, 0.25) is 0 Å². The second kappa shape index (κ2) is 8.90. The van der Waals surface area contributed by atoms with Gasteiger partial charge in [-0.25, -0.2) is 4.79 Å². The highest BCUT2D eigenvalue weighted by atomic mass is 16.2. The predicted molar refractivity (Wildman–Crippen MR) is 111 cm³/mol. The van der Waals surface area contributed by atoms with Gasteiger partial charge >= 0.3 is 6.03 Å². The van der Waals surface area contributed by atoms with Crippen LogP contribution in [0.3, 0.4) is 0 Å². The van der Waals surface area contributed by atoms with E-state index in [0.29, 0.717) is 32.5 Å². The van der Waals surface area contributed by atoms with Crippen molar-refractivity contribution in [2.45, 2.75) is 31.3 Å². The highest BCUT2D eigenvalue weighted by Crippen LogP contribution is 2.34. The van der Waals surface area contributed by atoms with Crippen LogP contribution in [-0.2, 0) is 18.5 Å². The monoisotopic (exact) mass is 376 g/mol. The molecular weight excluding hydrogens is 348 g/mol. The van der Waals surface area contributed by atoms with Gasteiger partial charge in [0, 0.05) is 26.2 Å². The molecule has 0 aliphatic carbocycles. The van der Waals surface area contributed by atoms with Gasteiger partial charge in [0.2, 0.25) is 0 Å². The van der Waals surface area contributed by atoms with Gasteiger partial charge in [-0.2, -0.15) is 5.26 Å². The van der Waals surface area contributed by atoms with E-state index in [0.717, 1.165) is 17.7 Å². The number of hydrogen-bond acceptors (Lipinski definition) is 3. The van der Waals surface area contributed by atoms with Gasteiger partial charge < -0.3 is 15.1 Å². The third-order valence-corrected chi connectivity index (χ3v) is 5.38. The Kier molecular flexibility index (Phi) is 6.33. The van der Waals surface area contributed by atoms with Crippen LogP contribution in [0.4, 0.5) is 4.79 Å². The average Bonchev–Trinajstić information content (AvgIpc) is 2.72. The van der Waals surface area contributed by atoms with Gasteiger partial charge in [0.25, 0.3) is 0 Å². The van der Waals surface area contributed by atoms with Gasteiger partial charge in [-0.15, -0.1) is 0 Å². The number of amides is 2. The third-order valence-electron chi connectivity index (χ3n) is 5.38. The number of piperidine rings is 1. The average molecular weight is 377 g/mol. The Hall–Kier alpha value is -2.84. The molecule has 1 fully saturated rings. The van der Waals surface area contributed by atoms with Crippen LogP contribution in [-0.4, -0.2) is 43.0 Å². The van der Waals surface area contributed by atoms with Gasteiger partial charge in [0.1, 0.15) is 0 Å². The van der Waals surface area contributed by atoms with Crippen LogP contribution in [0.15, 0.2) is 54.6 Å². The zero-order valence-electron chi connectivity index (χ0n) is 16.7. The topological polar surface area (TPSA) is 59.4 Å². The van der Waals surface area contributed by atoms with E-state index < -0.39 is 5.41 Å². The molecule has 146 valence electrons. The molecule has 1 aliphatic heterocycles. The van der Waals surface area contributed by atoms with E-state index >= 15 is 0 Å². The van der Waals surface area contributed by atoms with Gasteiger partial charge in [-0.1, -0.05) is 54.6 Å². The number of urea groups is 1. The number of hydrogen-bond donors (Lipinski definition) is 1. The highest BCUT2D eigenvalue weighted by Gasteiger charge is 2.37. The summed E-state index contributed by atoms with van der Waals surface area (Å²) in [6.07, 6.45) is 1.33. The minimum atomic E-state index is -0.488. The molecule has 0 spiro atoms. The molecule has 2 aromatic carbocycles. The third kappa shape index (κ3) is 4.71. The molecule has 1 heterocycles. The van der Waals surface area contributed by atoms with Crippen molar-refractivity contribution in [3.63, 3.8) is 0 Å². The lowest BCUT2D eigenvalue weighted by Gasteiger charge is -2.37. The predicted octanol–water partition coefficient (Wildman–Crippen LogP) is 3.52. The molecule has 0 radical (unpaired) electrons. The van der Waals surface area contributed by atoms with Crippen LogP contribution in [0.1, 0.15) is 29.5 Å². The number of likely N-dealkylation sites (tertiary alicyclic amines) is 1. The maximum atomic E-state index is 12.6. The molecule has 0 unspecified atom stereocenters. The Morgan fingerprint density at radius 2 is 1.79 bits per heavy atom. The molecule has 3 rings (SSSR count). The van der Waals surface area contributed by atoms with Crippen molar-refractivity contribution in [2.24, 2.45) is 0 Å². The lowest BCUT2D eigenvalue weighted by molar-refractivity contribution is 0.171. The molecule has 0 saturated carbocycles. The van der Waals surface area contributed by atoms with Crippen molar-refractivity contribution in [2.75, 3.05) is 27.2 Å². The first-order valence-electron chi connectivity index (χ1n) is 9.74. The molecule has 1 saturated heterocycles. The SMILES string of the molecule is CN(C)Cc1cccc(CNC(=O)N2CCC(C#N)(c3ccccc3)CC2)c1. The lowest BCUT2D eigenvalue weighted by atomic mass is 9.74. The highest BCUT2D eigenvalue weighted by molar-refractivity contribution is 5.74. The van der Waals surface area contributed by atoms with Gasteiger partial charge in [0.05, 0.1) is 11.5 Å². The first-order chi connectivity index (χ1) is 13.5. The van der Waals surface area contributed by atoms with Crippen molar-refractivity contribution < 1.29 is 4.79 Å². The summed E-state index contributed by atoms with van der Waals surface area (Å²) in [6.45, 7) is 2.58. The summed E-state index contributed by atoms with van der Waals surface area (Å²) in [5.41, 5.74) is 2.89. The molecule has 28 heavy (non-hydrogen) atoms. The molecule has 1 aliphatic rings. The molecule has 0 bridgehead atoms. The van der Waals surface area contributed by atoms with Crippen molar-refractivity contribution >= 4 is 6.03 Å². The van der Waals surface area contributed by atoms with Crippen molar-refractivity contribution in [1.29, 1.82) is 5.26 Å². The molecule has 5 heteroatoms. The summed E-state index contributed by atoms with van der Waals surface area (Å²) in [7, 11) is 4.09. The fourth-order valence-corrected chi connectivity index (χ4v) is 3.81. The minimum absolute atomic E-state index is 0.0578. The van der Waals surface area contributed by atoms with E-state index in [4.69, 9.17) is 0 Å². The van der Waals surface area contributed by atoms with E-state index in [1.807, 2.05) is 61.5 Å². The molecule has 0 atom stereocenters. The summed E-state index contributed by atoms with van der Waals surface area (Å²) >= 11 is 0. The van der Waals surface area contributed by atoms with E-state index in [9.17, 15) is 10.1 Å². The quantitative estimate of drug-likeness (QED) is 0.869. The number of nitrogens with one attached hydrogen (secondary N) is 1. The maximum absolute atomic E-state index is 12.6. The summed E-state index contributed by atoms with van der Waals surface area (Å²) in [6, 6.07) is 20.7. The van der Waals surface area contributed by atoms with Crippen LogP contribution in [0.5, 0.6) is 0 Å². The normalized spacial score (nSPS) is 15.9. The fourth-order valence-electron chi connectivity index (χ4n) is 3.81. The number of carbonyl (C=O) groups excluding carboxylic acids is 1. The molecule has 2 amide bonds. The van der Waals surface area contributed by atoms with Crippen molar-refractivity contribution in [3.8, 4) is 6.07 Å². The number of benzene rings is 2. The molecule has 0 aromatic heterocycles. The zero-order chi connectivity index (χ0) is 20.0. The standard InChI is InChI=1S/C23H28N4O/c1-26(2)17-20-8-6-7-19(15-20)16-25-22(28)27-13-11-23(18-24,12-14-27)21-9-4-3-5-10-21/h3-10,15H,11-14,16-17H2,1-2H3,(H,25,28). The summed E-state index contributed by atoms with van der Waals surface area (Å²) in [5, 5.41) is 12.8. The summed E-state index contributed by atoms with van der Waals surface area (Å²) in [4.78, 5) is 16.5. The second-order valence-electron chi connectivity index (χ2n) is 7.76. The fraction of sp³-hybridized carbons (Fsp3) is 0.391. The van der Waals surface area contributed by atoms with Crippen molar-refractivity contribution in [3.05, 3.63) is 71.3 Å². The van der Waals surface area contributed by atoms with E-state index in [-0.39, 0.29) is 6.03 Å². The van der Waals surface area contributed by atoms with E-state index in [1.54, 1.807) is 0 Å². The Balaban J connectivity index is 1.55. The second-order valence-corrected chi connectivity index (χ2v) is 7.76. The largest absolute Gasteiger partial charge is 0.334 e. The summed E-state index contributed by atoms with van der Waals surface area (Å²) in [5.74, 6) is 0. The first kappa shape index (κ1) is 19.9. The number of nitriles is 1. The first-order valence-corrected chi connectivity index (χ1v) is 9.74. The summed E-state index contributed by atoms with van der Waals surface area (Å²) < 4.78 is 0. The molecule has 1 N–H and O–H groups in total. The molecule has 5 nitrogen and oxygen atoms in total. The number of nitrogens with zero attached hydrogens (tertiary/aromatic N) is 3. The van der Waals surface area contributed by atoms with Gasteiger partial charge in [-0.3, -0.25) is 0 Å². The Labute approximate surface area is 167 Å². The molecule has 2 aromatic rings. The number of carbonyl (C=O) groups is 1. The number of rotatable bonds is 5. The van der Waals surface area contributed by atoms with Crippen molar-refractivity contribution in [1.82, 2.24) is 15.1 Å².